The topological polar surface area (TPSA) is 100 Å². The van der Waals surface area contributed by atoms with Gasteiger partial charge in [-0.05, 0) is 43.7 Å². The van der Waals surface area contributed by atoms with Crippen molar-refractivity contribution in [2.45, 2.75) is 38.0 Å². The van der Waals surface area contributed by atoms with Crippen molar-refractivity contribution in [3.63, 3.8) is 0 Å². The summed E-state index contributed by atoms with van der Waals surface area (Å²) in [5.74, 6) is -4.45. The number of carboxylic acid groups (broad SMARTS) is 1. The average molecular weight is 582 g/mol. The van der Waals surface area contributed by atoms with Gasteiger partial charge in [0, 0.05) is 34.5 Å². The van der Waals surface area contributed by atoms with E-state index in [0.29, 0.717) is 13.0 Å². The van der Waals surface area contributed by atoms with Crippen LogP contribution >= 0.6 is 0 Å². The lowest BCUT2D eigenvalue weighted by molar-refractivity contribution is -0.122. The van der Waals surface area contributed by atoms with Gasteiger partial charge in [0.25, 0.3) is 6.47 Å². The van der Waals surface area contributed by atoms with E-state index in [1.54, 1.807) is 6.20 Å². The van der Waals surface area contributed by atoms with Gasteiger partial charge in [0.2, 0.25) is 11.6 Å². The second kappa shape index (κ2) is 12.0. The first kappa shape index (κ1) is 28.7. The molecule has 0 bridgehead atoms. The number of H-pyrrole nitrogens is 2. The smallest absolute Gasteiger partial charge is 0.290 e. The molecule has 1 saturated carbocycles. The Morgan fingerprint density at radius 2 is 1.76 bits per heavy atom. The Hall–Kier alpha value is -4.80. The van der Waals surface area contributed by atoms with Crippen molar-refractivity contribution in [1.82, 2.24) is 15.0 Å². The van der Waals surface area contributed by atoms with Crippen molar-refractivity contribution in [3.05, 3.63) is 95.5 Å². The summed E-state index contributed by atoms with van der Waals surface area (Å²) in [5.41, 5.74) is 1.03. The molecule has 3 heterocycles. The molecule has 0 amide bonds. The molecule has 3 N–H and O–H groups in total. The maximum atomic E-state index is 14.9. The fraction of sp³-hybridized carbons (Fsp3) is 0.226. The molecule has 2 aliphatic rings. The second-order valence-corrected chi connectivity index (χ2v) is 10.0. The van der Waals surface area contributed by atoms with E-state index in [1.807, 2.05) is 24.3 Å². The zero-order chi connectivity index (χ0) is 29.9. The first-order valence-corrected chi connectivity index (χ1v) is 13.3. The number of carbonyl (C=O) groups is 1. The predicted molar refractivity (Wildman–Crippen MR) is 148 cm³/mol. The van der Waals surface area contributed by atoms with Crippen molar-refractivity contribution < 1.29 is 36.9 Å². The Balaban J connectivity index is 0.000000534. The van der Waals surface area contributed by atoms with Crippen molar-refractivity contribution in [2.75, 3.05) is 6.61 Å². The first-order valence-electron chi connectivity index (χ1n) is 13.3. The molecule has 0 spiro atoms. The molecule has 7 rings (SSSR count). The van der Waals surface area contributed by atoms with Gasteiger partial charge in [0.15, 0.2) is 11.6 Å². The minimum absolute atomic E-state index is 0.0340. The lowest BCUT2D eigenvalue weighted by atomic mass is 9.75. The Bertz CT molecular complexity index is 1730. The third-order valence-corrected chi connectivity index (χ3v) is 7.07. The number of nitrogens with zero attached hydrogens (tertiary/aromatic N) is 1. The summed E-state index contributed by atoms with van der Waals surface area (Å²) in [4.78, 5) is 18.4. The predicted octanol–water partition coefficient (Wildman–Crippen LogP) is 7.87. The summed E-state index contributed by atoms with van der Waals surface area (Å²) in [6.45, 7) is 2.32. The molecule has 7 nitrogen and oxygen atoms in total. The average Bonchev–Trinajstić information content (AvgIpc) is 3.63. The second-order valence-electron chi connectivity index (χ2n) is 10.0. The molecule has 2 aromatic heterocycles. The fourth-order valence-corrected chi connectivity index (χ4v) is 4.69. The van der Waals surface area contributed by atoms with E-state index in [2.05, 4.69) is 21.9 Å². The zero-order valence-electron chi connectivity index (χ0n) is 22.5. The van der Waals surface area contributed by atoms with E-state index < -0.39 is 34.4 Å². The summed E-state index contributed by atoms with van der Waals surface area (Å²) in [7, 11) is 0. The van der Waals surface area contributed by atoms with E-state index in [9.17, 15) is 17.6 Å². The molecule has 1 unspecified atom stereocenters. The number of fused-ring (bicyclic) bond motifs is 2. The van der Waals surface area contributed by atoms with Gasteiger partial charge in [0.1, 0.15) is 23.1 Å². The first-order chi connectivity index (χ1) is 20.3. The number of imidazole rings is 1. The van der Waals surface area contributed by atoms with Crippen LogP contribution in [0, 0.1) is 23.3 Å². The Morgan fingerprint density at radius 1 is 1.02 bits per heavy atom. The number of aromatic nitrogens is 3. The number of nitrogens with one attached hydrogen (secondary N) is 2. The van der Waals surface area contributed by atoms with Crippen molar-refractivity contribution in [3.8, 4) is 28.6 Å². The lowest BCUT2D eigenvalue weighted by Crippen LogP contribution is -2.31. The maximum Gasteiger partial charge on any atom is 0.290 e. The molecule has 218 valence electrons. The number of hydrogen-bond donors (Lipinski definition) is 3. The molecular weight excluding hydrogens is 554 g/mol. The molecular formula is C31H27F4N3O4. The number of rotatable bonds is 4. The molecule has 42 heavy (non-hydrogen) atoms. The van der Waals surface area contributed by atoms with Crippen molar-refractivity contribution in [1.29, 1.82) is 0 Å². The molecule has 1 fully saturated rings. The largest absolute Gasteiger partial charge is 0.493 e. The highest BCUT2D eigenvalue weighted by Gasteiger charge is 2.36. The minimum atomic E-state index is -1.49. The number of hydrogen-bond acceptors (Lipinski definition) is 4. The Morgan fingerprint density at radius 3 is 2.50 bits per heavy atom. The van der Waals surface area contributed by atoms with Gasteiger partial charge >= 0.3 is 0 Å². The van der Waals surface area contributed by atoms with Crippen molar-refractivity contribution >= 4 is 17.4 Å². The van der Waals surface area contributed by atoms with Crippen LogP contribution < -0.4 is 9.47 Å². The monoisotopic (exact) mass is 581 g/mol. The number of aromatic amines is 2. The molecule has 1 atom stereocenters. The molecule has 0 saturated heterocycles. The van der Waals surface area contributed by atoms with Crippen LogP contribution in [0.4, 0.5) is 17.6 Å². The lowest BCUT2D eigenvalue weighted by Gasteiger charge is -2.34. The van der Waals surface area contributed by atoms with E-state index in [-0.39, 0.29) is 34.5 Å². The van der Waals surface area contributed by atoms with Gasteiger partial charge in [-0.1, -0.05) is 37.5 Å². The van der Waals surface area contributed by atoms with E-state index in [4.69, 9.17) is 19.4 Å². The summed E-state index contributed by atoms with van der Waals surface area (Å²) < 4.78 is 69.8. The van der Waals surface area contributed by atoms with Gasteiger partial charge in [-0.2, -0.15) is 4.39 Å². The quantitative estimate of drug-likeness (QED) is 0.114. The van der Waals surface area contributed by atoms with Gasteiger partial charge in [-0.15, -0.1) is 0 Å². The molecule has 3 aromatic carbocycles. The minimum Gasteiger partial charge on any atom is -0.493 e. The third-order valence-electron chi connectivity index (χ3n) is 7.07. The highest BCUT2D eigenvalue weighted by molar-refractivity contribution is 5.82. The maximum absolute atomic E-state index is 14.9. The van der Waals surface area contributed by atoms with E-state index >= 15 is 0 Å². The molecule has 1 aliphatic heterocycles. The molecule has 0 radical (unpaired) electrons. The number of benzene rings is 3. The van der Waals surface area contributed by atoms with Gasteiger partial charge in [0.05, 0.1) is 17.7 Å². The fourth-order valence-electron chi connectivity index (χ4n) is 4.69. The van der Waals surface area contributed by atoms with Crippen LogP contribution in [0.25, 0.3) is 22.3 Å². The number of para-hydroxylation sites is 1. The van der Waals surface area contributed by atoms with Gasteiger partial charge in [-0.3, -0.25) is 4.79 Å². The van der Waals surface area contributed by atoms with Crippen LogP contribution in [0.5, 0.6) is 17.2 Å². The highest BCUT2D eigenvalue weighted by atomic mass is 19.2. The van der Waals surface area contributed by atoms with Crippen LogP contribution in [0.2, 0.25) is 0 Å². The standard InChI is InChI=1S/C27H19F4N3O2.C3H6.CH2O2/c1-27(9-11-35-19-5-3-2-4-17(19)27)20-13-33-26(34-20)16-12-14(6-7-18(16)28)36-25-21(29)15-8-10-32-24(15)22(30)23(25)31;1-2-3-1;2-1-3/h2-8,10,12-13,32H,9,11H2,1H3,(H,33,34);1-3H2;1H,(H,2,3). The Kier molecular flexibility index (Phi) is 8.19. The SMILES string of the molecule is C1CC1.CC1(c2cnc(-c3cc(Oc4c(F)c(F)c5[nH]ccc5c4F)ccc3F)[nH]2)CCOc2ccccc21.O=CO. The molecule has 1 aliphatic carbocycles. The highest BCUT2D eigenvalue weighted by Crippen LogP contribution is 2.43. The third kappa shape index (κ3) is 5.54. The van der Waals surface area contributed by atoms with Gasteiger partial charge in [-0.25, -0.2) is 18.2 Å². The van der Waals surface area contributed by atoms with Crippen molar-refractivity contribution in [2.24, 2.45) is 0 Å². The summed E-state index contributed by atoms with van der Waals surface area (Å²) >= 11 is 0. The Labute approximate surface area is 238 Å². The van der Waals surface area contributed by atoms with Crippen LogP contribution in [0.1, 0.15) is 43.9 Å². The normalized spacial score (nSPS) is 16.7. The summed E-state index contributed by atoms with van der Waals surface area (Å²) in [5, 5.41) is 6.73. The summed E-state index contributed by atoms with van der Waals surface area (Å²) in [6, 6.07) is 12.5. The van der Waals surface area contributed by atoms with Crippen LogP contribution in [-0.4, -0.2) is 33.1 Å². The molecule has 5 aromatic rings. The number of halogens is 4. The van der Waals surface area contributed by atoms with E-state index in [0.717, 1.165) is 23.1 Å². The molecule has 11 heteroatoms. The zero-order valence-corrected chi connectivity index (χ0v) is 22.5. The van der Waals surface area contributed by atoms with Crippen LogP contribution in [0.3, 0.4) is 0 Å². The van der Waals surface area contributed by atoms with E-state index in [1.165, 1.54) is 43.7 Å². The van der Waals surface area contributed by atoms with Crippen LogP contribution in [0.15, 0.2) is 60.9 Å². The van der Waals surface area contributed by atoms with Gasteiger partial charge < -0.3 is 24.5 Å². The summed E-state index contributed by atoms with van der Waals surface area (Å²) in [6.07, 6.45) is 8.11. The van der Waals surface area contributed by atoms with Crippen LogP contribution in [-0.2, 0) is 10.2 Å². The number of ether oxygens (including phenoxy) is 2.